The molecule has 0 radical (unpaired) electrons. The van der Waals surface area contributed by atoms with Gasteiger partial charge in [0.15, 0.2) is 0 Å². The van der Waals surface area contributed by atoms with E-state index < -0.39 is 36.5 Å². The second-order valence-electron chi connectivity index (χ2n) is 5.32. The van der Waals surface area contributed by atoms with Crippen molar-refractivity contribution in [3.63, 3.8) is 0 Å². The van der Waals surface area contributed by atoms with Gasteiger partial charge < -0.3 is 4.90 Å². The van der Waals surface area contributed by atoms with Gasteiger partial charge in [-0.3, -0.25) is 4.79 Å². The van der Waals surface area contributed by atoms with Crippen LogP contribution in [0.1, 0.15) is 12.5 Å². The molecular weight excluding hydrogens is 355 g/mol. The summed E-state index contributed by atoms with van der Waals surface area (Å²) in [4.78, 5) is 11.9. The number of terminal acetylenes is 1. The Morgan fingerprint density at radius 1 is 1.12 bits per heavy atom. The predicted molar refractivity (Wildman–Crippen MR) is 76.1 cm³/mol. The van der Waals surface area contributed by atoms with Crippen LogP contribution in [-0.2, 0) is 11.2 Å². The fourth-order valence-electron chi connectivity index (χ4n) is 2.08. The van der Waals surface area contributed by atoms with Crippen molar-refractivity contribution in [1.82, 2.24) is 4.90 Å². The Bertz CT molecular complexity index is 634. The molecule has 2 nitrogen and oxygen atoms in total. The highest BCUT2D eigenvalue weighted by molar-refractivity contribution is 5.85. The standard InChI is InChI=1S/C16H14F7NO/c1-3-9-24(11(2)10-12-7-5-4-6-8-12)13(25)14(17,18)15(19,20)16(21,22)23/h1,4-8,11H,9-10H2,2H3. The third kappa shape index (κ3) is 4.24. The van der Waals surface area contributed by atoms with Gasteiger partial charge in [-0.05, 0) is 18.9 Å². The number of benzene rings is 1. The zero-order valence-electron chi connectivity index (χ0n) is 13.0. The molecule has 1 aromatic rings. The van der Waals surface area contributed by atoms with Gasteiger partial charge in [-0.2, -0.15) is 30.7 Å². The molecule has 0 aromatic heterocycles. The van der Waals surface area contributed by atoms with Gasteiger partial charge in [0.25, 0.3) is 0 Å². The van der Waals surface area contributed by atoms with Crippen LogP contribution >= 0.6 is 0 Å². The first kappa shape index (κ1) is 20.8. The molecule has 0 spiro atoms. The maximum Gasteiger partial charge on any atom is 0.460 e. The monoisotopic (exact) mass is 369 g/mol. The predicted octanol–water partition coefficient (Wildman–Crippen LogP) is 3.91. The molecule has 0 bridgehead atoms. The van der Waals surface area contributed by atoms with E-state index in [1.165, 1.54) is 6.92 Å². The highest BCUT2D eigenvalue weighted by Crippen LogP contribution is 2.47. The molecule has 0 aliphatic carbocycles. The minimum absolute atomic E-state index is 0.0536. The van der Waals surface area contributed by atoms with Crippen molar-refractivity contribution in [2.75, 3.05) is 6.54 Å². The second-order valence-corrected chi connectivity index (χ2v) is 5.32. The van der Waals surface area contributed by atoms with E-state index in [1.54, 1.807) is 30.3 Å². The highest BCUT2D eigenvalue weighted by atomic mass is 19.4. The Hall–Kier alpha value is -2.24. The molecule has 1 rings (SSSR count). The molecular formula is C16H14F7NO. The smallest absolute Gasteiger partial charge is 0.323 e. The second kappa shape index (κ2) is 7.33. The summed E-state index contributed by atoms with van der Waals surface area (Å²) in [5, 5.41) is 0. The summed E-state index contributed by atoms with van der Waals surface area (Å²) in [6.07, 6.45) is -1.70. The van der Waals surface area contributed by atoms with Crippen LogP contribution in [0.2, 0.25) is 0 Å². The summed E-state index contributed by atoms with van der Waals surface area (Å²) in [5.74, 6) is -13.3. The Morgan fingerprint density at radius 2 is 1.64 bits per heavy atom. The molecule has 0 saturated carbocycles. The van der Waals surface area contributed by atoms with E-state index in [1.807, 2.05) is 5.92 Å². The lowest BCUT2D eigenvalue weighted by Gasteiger charge is -2.34. The first-order valence-electron chi connectivity index (χ1n) is 6.97. The zero-order chi connectivity index (χ0) is 19.5. The van der Waals surface area contributed by atoms with E-state index in [9.17, 15) is 35.5 Å². The lowest BCUT2D eigenvalue weighted by molar-refractivity contribution is -0.346. The van der Waals surface area contributed by atoms with Crippen molar-refractivity contribution >= 4 is 5.91 Å². The van der Waals surface area contributed by atoms with Crippen LogP contribution in [0.5, 0.6) is 0 Å². The van der Waals surface area contributed by atoms with E-state index in [-0.39, 0.29) is 11.3 Å². The molecule has 1 aromatic carbocycles. The molecule has 0 aliphatic heterocycles. The van der Waals surface area contributed by atoms with Gasteiger partial charge in [-0.15, -0.1) is 6.42 Å². The number of carbonyl (C=O) groups excluding carboxylic acids is 1. The van der Waals surface area contributed by atoms with Gasteiger partial charge in [0.05, 0.1) is 6.54 Å². The Labute approximate surface area is 139 Å². The average Bonchev–Trinajstić information content (AvgIpc) is 2.51. The van der Waals surface area contributed by atoms with Crippen molar-refractivity contribution in [1.29, 1.82) is 0 Å². The summed E-state index contributed by atoms with van der Waals surface area (Å²) in [7, 11) is 0. The molecule has 9 heteroatoms. The fraction of sp³-hybridized carbons (Fsp3) is 0.438. The summed E-state index contributed by atoms with van der Waals surface area (Å²) >= 11 is 0. The molecule has 138 valence electrons. The molecule has 0 heterocycles. The molecule has 1 unspecified atom stereocenters. The quantitative estimate of drug-likeness (QED) is 0.550. The molecule has 1 amide bonds. The van der Waals surface area contributed by atoms with Gasteiger partial charge in [-0.1, -0.05) is 36.3 Å². The molecule has 1 atom stereocenters. The number of alkyl halides is 7. The maximum atomic E-state index is 13.6. The molecule has 25 heavy (non-hydrogen) atoms. The van der Waals surface area contributed by atoms with Crippen LogP contribution in [0, 0.1) is 12.3 Å². The minimum Gasteiger partial charge on any atom is -0.323 e. The summed E-state index contributed by atoms with van der Waals surface area (Å²) in [6, 6.07) is 6.93. The van der Waals surface area contributed by atoms with E-state index in [0.29, 0.717) is 5.56 Å². The minimum atomic E-state index is -6.59. The van der Waals surface area contributed by atoms with Crippen molar-refractivity contribution in [3.05, 3.63) is 35.9 Å². The normalized spacial score (nSPS) is 13.9. The van der Waals surface area contributed by atoms with Gasteiger partial charge in [-0.25, -0.2) is 0 Å². The van der Waals surface area contributed by atoms with Crippen LogP contribution < -0.4 is 0 Å². The van der Waals surface area contributed by atoms with Gasteiger partial charge in [0, 0.05) is 6.04 Å². The summed E-state index contributed by atoms with van der Waals surface area (Å²) in [5.41, 5.74) is 0.565. The van der Waals surface area contributed by atoms with Crippen LogP contribution in [0.3, 0.4) is 0 Å². The number of carbonyl (C=O) groups is 1. The topological polar surface area (TPSA) is 20.3 Å². The number of halogens is 7. The van der Waals surface area contributed by atoms with Gasteiger partial charge >= 0.3 is 23.9 Å². The molecule has 0 saturated heterocycles. The number of rotatable bonds is 6. The van der Waals surface area contributed by atoms with Crippen molar-refractivity contribution in [2.24, 2.45) is 0 Å². The first-order chi connectivity index (χ1) is 11.4. The third-order valence-corrected chi connectivity index (χ3v) is 3.45. The van der Waals surface area contributed by atoms with Crippen LogP contribution in [0.15, 0.2) is 30.3 Å². The van der Waals surface area contributed by atoms with E-state index in [0.717, 1.165) is 0 Å². The van der Waals surface area contributed by atoms with Crippen molar-refractivity contribution in [2.45, 2.75) is 37.4 Å². The largest absolute Gasteiger partial charge is 0.460 e. The van der Waals surface area contributed by atoms with Crippen molar-refractivity contribution in [3.8, 4) is 12.3 Å². The van der Waals surface area contributed by atoms with E-state index in [2.05, 4.69) is 0 Å². The lowest BCUT2D eigenvalue weighted by Crippen LogP contribution is -2.61. The summed E-state index contributed by atoms with van der Waals surface area (Å²) in [6.45, 7) is 0.389. The lowest BCUT2D eigenvalue weighted by atomic mass is 10.0. The highest BCUT2D eigenvalue weighted by Gasteiger charge is 2.77. The summed E-state index contributed by atoms with van der Waals surface area (Å²) < 4.78 is 90.2. The van der Waals surface area contributed by atoms with Crippen LogP contribution in [-0.4, -0.2) is 41.4 Å². The fourth-order valence-corrected chi connectivity index (χ4v) is 2.08. The van der Waals surface area contributed by atoms with Crippen LogP contribution in [0.4, 0.5) is 30.7 Å². The van der Waals surface area contributed by atoms with Crippen LogP contribution in [0.25, 0.3) is 0 Å². The van der Waals surface area contributed by atoms with Crippen molar-refractivity contribution < 1.29 is 35.5 Å². The van der Waals surface area contributed by atoms with Gasteiger partial charge in [0.2, 0.25) is 0 Å². The molecule has 0 N–H and O–H groups in total. The number of hydrogen-bond donors (Lipinski definition) is 0. The Morgan fingerprint density at radius 3 is 2.08 bits per heavy atom. The van der Waals surface area contributed by atoms with E-state index >= 15 is 0 Å². The first-order valence-corrected chi connectivity index (χ1v) is 6.97. The Balaban J connectivity index is 3.12. The van der Waals surface area contributed by atoms with Gasteiger partial charge in [0.1, 0.15) is 0 Å². The Kier molecular flexibility index (Phi) is 6.10. The molecule has 0 fully saturated rings. The average molecular weight is 369 g/mol. The number of amides is 1. The SMILES string of the molecule is C#CCN(C(=O)C(F)(F)C(F)(F)C(F)(F)F)C(C)Cc1ccccc1. The maximum absolute atomic E-state index is 13.6. The zero-order valence-corrected chi connectivity index (χ0v) is 13.0. The van der Waals surface area contributed by atoms with E-state index in [4.69, 9.17) is 6.42 Å². The number of hydrogen-bond acceptors (Lipinski definition) is 1. The third-order valence-electron chi connectivity index (χ3n) is 3.45. The molecule has 0 aliphatic rings. The number of nitrogens with zero attached hydrogens (tertiary/aromatic N) is 1.